The largest absolute Gasteiger partial charge is 0.493 e. The molecule has 1 fully saturated rings. The fourth-order valence-electron chi connectivity index (χ4n) is 3.21. The highest BCUT2D eigenvalue weighted by Crippen LogP contribution is 2.39. The van der Waals surface area contributed by atoms with Crippen molar-refractivity contribution in [1.29, 1.82) is 0 Å². The highest BCUT2D eigenvalue weighted by Gasteiger charge is 2.33. The third kappa shape index (κ3) is 4.36. The Hall–Kier alpha value is -2.38. The number of hydrogen-bond donors (Lipinski definition) is 1. The molecule has 1 heterocycles. The number of rotatable bonds is 8. The van der Waals surface area contributed by atoms with Gasteiger partial charge in [0.25, 0.3) is 0 Å². The first kappa shape index (κ1) is 20.4. The number of aryl methyl sites for hydroxylation is 1. The van der Waals surface area contributed by atoms with E-state index < -0.39 is 0 Å². The molecule has 0 saturated carbocycles. The number of benzene rings is 2. The van der Waals surface area contributed by atoms with Gasteiger partial charge in [-0.3, -0.25) is 10.1 Å². The van der Waals surface area contributed by atoms with Crippen LogP contribution in [0, 0.1) is 0 Å². The van der Waals surface area contributed by atoms with Crippen LogP contribution in [0.25, 0.3) is 0 Å². The monoisotopic (exact) mass is 403 g/mol. The molecule has 3 rings (SSSR count). The van der Waals surface area contributed by atoms with Crippen LogP contribution in [0.3, 0.4) is 0 Å². The molecule has 1 N–H and O–H groups in total. The van der Waals surface area contributed by atoms with Crippen molar-refractivity contribution >= 4 is 16.9 Å². The van der Waals surface area contributed by atoms with Crippen LogP contribution in [0.5, 0.6) is 23.0 Å². The highest BCUT2D eigenvalue weighted by atomic mass is 32.2. The molecule has 0 aromatic heterocycles. The Morgan fingerprint density at radius 3 is 2.11 bits per heavy atom. The Bertz CT molecular complexity index is 842. The number of thioether (sulfide) groups is 1. The molecule has 2 aromatic carbocycles. The molecule has 2 aromatic rings. The average molecular weight is 404 g/mol. The average Bonchev–Trinajstić information content (AvgIpc) is 3.11. The maximum atomic E-state index is 12.5. The number of hydrogen-bond acceptors (Lipinski definition) is 7. The summed E-state index contributed by atoms with van der Waals surface area (Å²) in [6, 6.07) is 11.4. The van der Waals surface area contributed by atoms with E-state index in [1.807, 2.05) is 36.4 Å². The fourth-order valence-corrected chi connectivity index (χ4v) is 4.31. The predicted octanol–water partition coefficient (Wildman–Crippen LogP) is 3.58. The summed E-state index contributed by atoms with van der Waals surface area (Å²) in [5.74, 6) is 2.72. The summed E-state index contributed by atoms with van der Waals surface area (Å²) in [5, 5.41) is 3.49. The van der Waals surface area contributed by atoms with Crippen molar-refractivity contribution < 1.29 is 23.7 Å². The summed E-state index contributed by atoms with van der Waals surface area (Å²) in [5.41, 5.74) is 2.09. The molecule has 1 aliphatic rings. The number of nitrogens with one attached hydrogen (secondary N) is 1. The van der Waals surface area contributed by atoms with E-state index in [4.69, 9.17) is 18.9 Å². The normalized spacial score (nSPS) is 18.8. The molecule has 2 atom stereocenters. The summed E-state index contributed by atoms with van der Waals surface area (Å²) >= 11 is 1.32. The lowest BCUT2D eigenvalue weighted by Gasteiger charge is -2.15. The SMILES string of the molecule is COc1ccc(CCC2NC(c3ccc(OC)c(OC)c3)SC2=O)cc1OC. The summed E-state index contributed by atoms with van der Waals surface area (Å²) in [6.07, 6.45) is 1.48. The molecule has 1 aliphatic heterocycles. The van der Waals surface area contributed by atoms with Crippen LogP contribution in [0.2, 0.25) is 0 Å². The van der Waals surface area contributed by atoms with Crippen molar-refractivity contribution in [3.05, 3.63) is 47.5 Å². The van der Waals surface area contributed by atoms with Gasteiger partial charge in [0.2, 0.25) is 5.12 Å². The minimum absolute atomic E-state index is 0.0947. The quantitative estimate of drug-likeness (QED) is 0.723. The van der Waals surface area contributed by atoms with Crippen LogP contribution in [-0.2, 0) is 11.2 Å². The molecule has 28 heavy (non-hydrogen) atoms. The van der Waals surface area contributed by atoms with E-state index in [0.29, 0.717) is 29.4 Å². The lowest BCUT2D eigenvalue weighted by atomic mass is 10.0. The van der Waals surface area contributed by atoms with Gasteiger partial charge in [0.05, 0.1) is 39.9 Å². The zero-order valence-corrected chi connectivity index (χ0v) is 17.3. The van der Waals surface area contributed by atoms with E-state index in [2.05, 4.69) is 5.32 Å². The van der Waals surface area contributed by atoms with E-state index >= 15 is 0 Å². The van der Waals surface area contributed by atoms with Gasteiger partial charge in [-0.15, -0.1) is 0 Å². The van der Waals surface area contributed by atoms with Crippen molar-refractivity contribution in [2.24, 2.45) is 0 Å². The van der Waals surface area contributed by atoms with Gasteiger partial charge in [-0.05, 0) is 48.2 Å². The van der Waals surface area contributed by atoms with Crippen LogP contribution >= 0.6 is 11.8 Å². The van der Waals surface area contributed by atoms with E-state index in [1.54, 1.807) is 28.4 Å². The minimum Gasteiger partial charge on any atom is -0.493 e. The van der Waals surface area contributed by atoms with E-state index in [1.165, 1.54) is 11.8 Å². The maximum absolute atomic E-state index is 12.5. The fraction of sp³-hybridized carbons (Fsp3) is 0.381. The van der Waals surface area contributed by atoms with Crippen LogP contribution in [0.1, 0.15) is 22.9 Å². The third-order valence-electron chi connectivity index (χ3n) is 4.75. The molecule has 2 unspecified atom stereocenters. The first-order valence-electron chi connectivity index (χ1n) is 8.99. The van der Waals surface area contributed by atoms with E-state index in [-0.39, 0.29) is 16.5 Å². The van der Waals surface area contributed by atoms with Crippen molar-refractivity contribution in [2.75, 3.05) is 28.4 Å². The molecule has 0 aliphatic carbocycles. The smallest absolute Gasteiger partial charge is 0.207 e. The first-order chi connectivity index (χ1) is 13.6. The van der Waals surface area contributed by atoms with Crippen molar-refractivity contribution in [3.63, 3.8) is 0 Å². The summed E-state index contributed by atoms with van der Waals surface area (Å²) in [7, 11) is 6.44. The standard InChI is InChI=1S/C21H25NO5S/c1-24-16-9-6-13(11-18(16)26-3)5-8-15-21(23)28-20(22-15)14-7-10-17(25-2)19(12-14)27-4/h6-7,9-12,15,20,22H,5,8H2,1-4H3. The molecule has 0 amide bonds. The Morgan fingerprint density at radius 2 is 1.46 bits per heavy atom. The van der Waals surface area contributed by atoms with E-state index in [0.717, 1.165) is 17.5 Å². The Labute approximate surface area is 169 Å². The summed E-state index contributed by atoms with van der Waals surface area (Å²) in [4.78, 5) is 12.5. The topological polar surface area (TPSA) is 66.0 Å². The molecular formula is C21H25NO5S. The van der Waals surface area contributed by atoms with Crippen LogP contribution < -0.4 is 24.3 Å². The molecule has 1 saturated heterocycles. The van der Waals surface area contributed by atoms with Crippen molar-refractivity contribution in [1.82, 2.24) is 5.32 Å². The van der Waals surface area contributed by atoms with Gasteiger partial charge in [-0.1, -0.05) is 23.9 Å². The second-order valence-corrected chi connectivity index (χ2v) is 7.49. The minimum atomic E-state index is -0.198. The number of methoxy groups -OCH3 is 4. The second-order valence-electron chi connectivity index (χ2n) is 6.38. The molecule has 150 valence electrons. The first-order valence-corrected chi connectivity index (χ1v) is 9.87. The lowest BCUT2D eigenvalue weighted by molar-refractivity contribution is -0.112. The Balaban J connectivity index is 1.65. The van der Waals surface area contributed by atoms with Crippen molar-refractivity contribution in [3.8, 4) is 23.0 Å². The Morgan fingerprint density at radius 1 is 0.857 bits per heavy atom. The summed E-state index contributed by atoms with van der Waals surface area (Å²) in [6.45, 7) is 0. The molecule has 0 bridgehead atoms. The lowest BCUT2D eigenvalue weighted by Crippen LogP contribution is -2.28. The van der Waals surface area contributed by atoms with Gasteiger partial charge in [-0.25, -0.2) is 0 Å². The predicted molar refractivity (Wildman–Crippen MR) is 110 cm³/mol. The zero-order chi connectivity index (χ0) is 20.1. The van der Waals surface area contributed by atoms with Crippen LogP contribution in [-0.4, -0.2) is 39.6 Å². The van der Waals surface area contributed by atoms with Gasteiger partial charge >= 0.3 is 0 Å². The van der Waals surface area contributed by atoms with Gasteiger partial charge < -0.3 is 18.9 Å². The van der Waals surface area contributed by atoms with Gasteiger partial charge in [-0.2, -0.15) is 0 Å². The maximum Gasteiger partial charge on any atom is 0.207 e. The molecule has 7 heteroatoms. The summed E-state index contributed by atoms with van der Waals surface area (Å²) < 4.78 is 21.3. The molecular weight excluding hydrogens is 378 g/mol. The van der Waals surface area contributed by atoms with Gasteiger partial charge in [0.1, 0.15) is 0 Å². The second kappa shape index (κ2) is 9.21. The van der Waals surface area contributed by atoms with Gasteiger partial charge in [0, 0.05) is 0 Å². The number of ether oxygens (including phenoxy) is 4. The van der Waals surface area contributed by atoms with Crippen LogP contribution in [0.4, 0.5) is 0 Å². The third-order valence-corrected chi connectivity index (χ3v) is 5.91. The Kier molecular flexibility index (Phi) is 6.70. The van der Waals surface area contributed by atoms with Crippen LogP contribution in [0.15, 0.2) is 36.4 Å². The zero-order valence-electron chi connectivity index (χ0n) is 16.5. The number of carbonyl (C=O) groups excluding carboxylic acids is 1. The van der Waals surface area contributed by atoms with Crippen molar-refractivity contribution in [2.45, 2.75) is 24.3 Å². The molecule has 0 radical (unpaired) electrons. The van der Waals surface area contributed by atoms with E-state index in [9.17, 15) is 4.79 Å². The highest BCUT2D eigenvalue weighted by molar-refractivity contribution is 8.14. The number of carbonyl (C=O) groups is 1. The van der Waals surface area contributed by atoms with Gasteiger partial charge in [0.15, 0.2) is 23.0 Å². The molecule has 0 spiro atoms. The molecule has 6 nitrogen and oxygen atoms in total.